The van der Waals surface area contributed by atoms with Gasteiger partial charge in [-0.3, -0.25) is 0 Å². The number of rotatable bonds is 9. The van der Waals surface area contributed by atoms with Gasteiger partial charge in [0, 0.05) is 0 Å². The van der Waals surface area contributed by atoms with Gasteiger partial charge in [0.2, 0.25) is 0 Å². The van der Waals surface area contributed by atoms with E-state index in [0.29, 0.717) is 5.56 Å². The lowest BCUT2D eigenvalue weighted by molar-refractivity contribution is -0.396. The number of aryl methyl sites for hydroxylation is 1. The number of carbonyl (C=O) groups excluding carboxylic acids is 1. The van der Waals surface area contributed by atoms with Crippen molar-refractivity contribution in [3.63, 3.8) is 0 Å². The highest BCUT2D eigenvalue weighted by atomic mass is 16.8. The molecule has 21 saturated heterocycles. The van der Waals surface area contributed by atoms with E-state index in [1.165, 1.54) is 12.1 Å². The van der Waals surface area contributed by atoms with Crippen molar-refractivity contribution in [2.75, 3.05) is 46.2 Å². The van der Waals surface area contributed by atoms with Gasteiger partial charge in [-0.2, -0.15) is 0 Å². The summed E-state index contributed by atoms with van der Waals surface area (Å²) in [5.74, 6) is -0.955. The molecule has 14 bridgehead atoms. The number of aliphatic hydroxyl groups is 20. The quantitative estimate of drug-likeness (QED) is 0.102. The molecule has 21 fully saturated rings. The summed E-state index contributed by atoms with van der Waals surface area (Å²) in [6.07, 6.45) is -71.6. The van der Waals surface area contributed by atoms with Crippen molar-refractivity contribution in [1.29, 1.82) is 0 Å². The Labute approximate surface area is 486 Å². The molecule has 0 aromatic heterocycles. The van der Waals surface area contributed by atoms with Crippen LogP contribution in [0.5, 0.6) is 0 Å². The Kier molecular flexibility index (Phi) is 22.7. The molecule has 21 heterocycles. The molecule has 492 valence electrons. The van der Waals surface area contributed by atoms with Gasteiger partial charge in [-0.25, -0.2) is 4.79 Å². The molecule has 86 heavy (non-hydrogen) atoms. The first kappa shape index (κ1) is 67.7. The lowest BCUT2D eigenvalue weighted by Gasteiger charge is -2.50. The summed E-state index contributed by atoms with van der Waals surface area (Å²) in [6.45, 7) is -5.60. The Morgan fingerprint density at radius 1 is 0.326 bits per heavy atom. The molecular formula is C50H76O36. The number of benzene rings is 1. The summed E-state index contributed by atoms with van der Waals surface area (Å²) in [7, 11) is 0. The Morgan fingerprint density at radius 2 is 0.535 bits per heavy atom. The minimum Gasteiger partial charge on any atom is -0.459 e. The summed E-state index contributed by atoms with van der Waals surface area (Å²) in [6, 6.07) is 6.10. The topological polar surface area (TPSA) is 560 Å². The molecule has 0 radical (unpaired) electrons. The Bertz CT molecular complexity index is 2300. The lowest BCUT2D eigenvalue weighted by atomic mass is 9.95. The van der Waals surface area contributed by atoms with Crippen molar-refractivity contribution in [2.45, 2.75) is 222 Å². The third-order valence-electron chi connectivity index (χ3n) is 16.2. The number of hydrogen-bond donors (Lipinski definition) is 20. The van der Waals surface area contributed by atoms with Crippen molar-refractivity contribution in [3.05, 3.63) is 35.4 Å². The number of ether oxygens (including phenoxy) is 15. The van der Waals surface area contributed by atoms with Gasteiger partial charge in [0.1, 0.15) is 178 Å². The van der Waals surface area contributed by atoms with Crippen LogP contribution in [0.4, 0.5) is 0 Å². The minimum atomic E-state index is -2.28. The van der Waals surface area contributed by atoms with Crippen molar-refractivity contribution < 1.29 is 178 Å². The molecule has 20 N–H and O–H groups in total. The van der Waals surface area contributed by atoms with E-state index in [2.05, 4.69) is 0 Å². The first-order valence-corrected chi connectivity index (χ1v) is 27.6. The molecule has 0 spiro atoms. The molecule has 22 rings (SSSR count). The van der Waals surface area contributed by atoms with Crippen LogP contribution >= 0.6 is 0 Å². The summed E-state index contributed by atoms with van der Waals surface area (Å²) in [5, 5.41) is 223. The second kappa shape index (κ2) is 28.9. The molecule has 36 nitrogen and oxygen atoms in total. The largest absolute Gasteiger partial charge is 0.459 e. The maximum Gasteiger partial charge on any atom is 0.338 e. The molecule has 1 aromatic carbocycles. The minimum absolute atomic E-state index is 0.0379. The van der Waals surface area contributed by atoms with Crippen LogP contribution in [0.15, 0.2) is 24.3 Å². The summed E-state index contributed by atoms with van der Waals surface area (Å²) in [5.41, 5.74) is 0.685. The van der Waals surface area contributed by atoms with Gasteiger partial charge < -0.3 is 173 Å². The smallest absolute Gasteiger partial charge is 0.338 e. The number of carbonyl (C=O) groups is 1. The highest BCUT2D eigenvalue weighted by molar-refractivity contribution is 5.89. The Hall–Kier alpha value is -2.67. The second-order valence-electron chi connectivity index (χ2n) is 21.9. The van der Waals surface area contributed by atoms with Crippen LogP contribution in [-0.2, 0) is 71.1 Å². The Balaban J connectivity index is 1.02. The maximum atomic E-state index is 13.4. The molecule has 35 atom stereocenters. The molecule has 21 aliphatic rings. The van der Waals surface area contributed by atoms with Crippen LogP contribution in [-0.4, -0.2) is 369 Å². The van der Waals surface area contributed by atoms with Gasteiger partial charge in [0.05, 0.1) is 45.2 Å². The van der Waals surface area contributed by atoms with Gasteiger partial charge in [0.25, 0.3) is 0 Å². The Morgan fingerprint density at radius 3 is 0.744 bits per heavy atom. The average molecular weight is 1250 g/mol. The number of hydrogen-bond acceptors (Lipinski definition) is 36. The molecule has 0 saturated carbocycles. The third kappa shape index (κ3) is 13.6. The van der Waals surface area contributed by atoms with Crippen molar-refractivity contribution >= 4 is 5.97 Å². The highest BCUT2D eigenvalue weighted by Crippen LogP contribution is 2.39. The zero-order valence-electron chi connectivity index (χ0n) is 45.4. The van der Waals surface area contributed by atoms with E-state index < -0.39 is 267 Å². The molecule has 1 aromatic rings. The SMILES string of the molecule is Cc1cccc(C(=O)OC[C@H]2O[C@@H]3O[C@H]4[C@H](O)[C@@H](O)[C@@H](O[C@H]5[C@H](O)[C@@H](O)[C@@H](O[C@H]6[C@H](O)[C@@H](O)[C@@H](O[C@H]7[C@H](O)[C@@H](O)[C@@H](O[C@H]8[C@H](O)[C@@H](O)[C@@H](O[C@H]9[C@H](O)[C@@H](O)[C@@H](O[C@H]2[C@H](O)[C@H]3O)O[C@@H]9CO)O[C@@H]8CO)O[C@@H]7CO)O[C@@H]6CO)O[C@@H]5CO)O[C@@H]4CO)c1. The van der Waals surface area contributed by atoms with Gasteiger partial charge in [-0.1, -0.05) is 17.7 Å². The summed E-state index contributed by atoms with van der Waals surface area (Å²) in [4.78, 5) is 13.4. The van der Waals surface area contributed by atoms with Crippen LogP contribution in [0.3, 0.4) is 0 Å². The van der Waals surface area contributed by atoms with Crippen LogP contribution in [0, 0.1) is 6.92 Å². The van der Waals surface area contributed by atoms with Crippen molar-refractivity contribution in [3.8, 4) is 0 Å². The number of aliphatic hydroxyl groups excluding tert-OH is 20. The van der Waals surface area contributed by atoms with E-state index in [1.54, 1.807) is 19.1 Å². The van der Waals surface area contributed by atoms with E-state index >= 15 is 0 Å². The lowest BCUT2D eigenvalue weighted by Crippen LogP contribution is -2.68. The predicted molar refractivity (Wildman–Crippen MR) is 263 cm³/mol. The van der Waals surface area contributed by atoms with Gasteiger partial charge in [-0.05, 0) is 19.1 Å². The van der Waals surface area contributed by atoms with E-state index in [1.807, 2.05) is 0 Å². The molecule has 0 aliphatic carbocycles. The molecular weight excluding hydrogens is 1180 g/mol. The highest BCUT2D eigenvalue weighted by Gasteiger charge is 2.60. The fourth-order valence-electron chi connectivity index (χ4n) is 11.4. The average Bonchev–Trinajstić information content (AvgIpc) is 1.12. The third-order valence-corrected chi connectivity index (χ3v) is 16.2. The monoisotopic (exact) mass is 1250 g/mol. The fraction of sp³-hybridized carbons (Fsp3) is 0.860. The second-order valence-corrected chi connectivity index (χ2v) is 21.9. The zero-order valence-corrected chi connectivity index (χ0v) is 45.4. The van der Waals surface area contributed by atoms with Crippen molar-refractivity contribution in [2.24, 2.45) is 0 Å². The maximum absolute atomic E-state index is 13.4. The molecule has 21 aliphatic heterocycles. The zero-order chi connectivity index (χ0) is 62.3. The van der Waals surface area contributed by atoms with Crippen LogP contribution in [0.2, 0.25) is 0 Å². The van der Waals surface area contributed by atoms with E-state index in [-0.39, 0.29) is 5.56 Å². The first-order chi connectivity index (χ1) is 41.0. The van der Waals surface area contributed by atoms with Crippen LogP contribution in [0.25, 0.3) is 0 Å². The summed E-state index contributed by atoms with van der Waals surface area (Å²) >= 11 is 0. The van der Waals surface area contributed by atoms with Crippen molar-refractivity contribution in [1.82, 2.24) is 0 Å². The van der Waals surface area contributed by atoms with E-state index in [4.69, 9.17) is 71.1 Å². The normalized spacial score (nSPS) is 50.7. The molecule has 0 unspecified atom stereocenters. The van der Waals surface area contributed by atoms with Crippen LogP contribution < -0.4 is 0 Å². The summed E-state index contributed by atoms with van der Waals surface area (Å²) < 4.78 is 86.3. The van der Waals surface area contributed by atoms with Gasteiger partial charge in [0.15, 0.2) is 44.0 Å². The van der Waals surface area contributed by atoms with Crippen LogP contribution in [0.1, 0.15) is 15.9 Å². The molecule has 0 amide bonds. The van der Waals surface area contributed by atoms with E-state index in [0.717, 1.165) is 0 Å². The molecule has 36 heteroatoms. The standard InChI is InChI=1S/C50H76O36/c1-13-3-2-4-14(5-13)43(71)72-12-21-42-28(63)35(70)50(79-21)85-41-20(11-56)77-48(33(68)26(41)61)83-39-18(9-54)75-46(31(66)24(39)59)81-37-16(7-52)73-44(29(64)22(37)57)80-36-15(6-51)74-45(30(65)23(36)58)82-38-17(8-53)76-47(32(67)25(38)60)84-40-19(10-55)78-49(86-42)34(69)27(40)62/h2-5,15-42,44-70H,6-12H2,1H3/t15-,16-,17-,18-,19-,20-,21-,22-,23-,24-,25-,26-,27-,28-,29-,30-,31-,32-,33-,34-,35-,36-,37-,38-,39-,40-,41-,42-,44-,45-,46-,47-,48-,49-,50-/m1/s1. The van der Waals surface area contributed by atoms with E-state index in [9.17, 15) is 107 Å². The first-order valence-electron chi connectivity index (χ1n) is 27.6. The van der Waals surface area contributed by atoms with Gasteiger partial charge in [-0.15, -0.1) is 0 Å². The fourth-order valence-corrected chi connectivity index (χ4v) is 11.4. The predicted octanol–water partition coefficient (Wildman–Crippen LogP) is -13.1. The number of esters is 1. The van der Waals surface area contributed by atoms with Gasteiger partial charge >= 0.3 is 5.97 Å².